The molecule has 1 saturated carbocycles. The van der Waals surface area contributed by atoms with Gasteiger partial charge in [-0.25, -0.2) is 0 Å². The summed E-state index contributed by atoms with van der Waals surface area (Å²) in [4.78, 5) is 38.4. The van der Waals surface area contributed by atoms with Crippen LogP contribution in [-0.4, -0.2) is 69.4 Å². The standard InChI is InChI=1S/C28H31N3O5S2/c1-36-21(32)14-8-13-19-23-22(20(15-37-23)29-26(33)17-9-4-2-5-10-17)28(16-38-24(19)25(28)31-35)30-27(34)18-11-6-3-7-12-18/h2-7,9-12,19-20,22-24,35H,8,13-16H2,1H3,(H,29,33)(H,30,34)/b31-25-/t19-,20+,22-,23-,24-,28+/m1/s1. The van der Waals surface area contributed by atoms with Crippen LogP contribution in [0.15, 0.2) is 65.8 Å². The highest BCUT2D eigenvalue weighted by atomic mass is 32.2. The Balaban J connectivity index is 1.47. The smallest absolute Gasteiger partial charge is 0.305 e. The maximum Gasteiger partial charge on any atom is 0.305 e. The minimum atomic E-state index is -0.904. The lowest BCUT2D eigenvalue weighted by atomic mass is 9.64. The third kappa shape index (κ3) is 4.91. The second kappa shape index (κ2) is 11.4. The largest absolute Gasteiger partial charge is 0.469 e. The summed E-state index contributed by atoms with van der Waals surface area (Å²) in [6, 6.07) is 17.8. The number of hydrogen-bond acceptors (Lipinski definition) is 8. The summed E-state index contributed by atoms with van der Waals surface area (Å²) in [5.74, 6) is 0.508. The minimum Gasteiger partial charge on any atom is -0.469 e. The summed E-state index contributed by atoms with van der Waals surface area (Å²) in [6.45, 7) is 0. The molecule has 0 aromatic heterocycles. The molecule has 38 heavy (non-hydrogen) atoms. The molecule has 200 valence electrons. The van der Waals surface area contributed by atoms with Gasteiger partial charge in [0.2, 0.25) is 0 Å². The van der Waals surface area contributed by atoms with Gasteiger partial charge >= 0.3 is 5.97 Å². The summed E-state index contributed by atoms with van der Waals surface area (Å²) in [5.41, 5.74) is 0.750. The molecule has 2 aromatic carbocycles. The maximum absolute atomic E-state index is 13.5. The molecular weight excluding hydrogens is 522 g/mol. The van der Waals surface area contributed by atoms with Crippen molar-refractivity contribution in [2.24, 2.45) is 17.0 Å². The highest BCUT2D eigenvalue weighted by Crippen LogP contribution is 2.57. The van der Waals surface area contributed by atoms with Gasteiger partial charge in [0.25, 0.3) is 11.8 Å². The van der Waals surface area contributed by atoms with Crippen LogP contribution in [0.1, 0.15) is 40.0 Å². The number of amides is 2. The van der Waals surface area contributed by atoms with E-state index < -0.39 is 5.54 Å². The lowest BCUT2D eigenvalue weighted by Gasteiger charge is -2.48. The minimum absolute atomic E-state index is 0.0916. The van der Waals surface area contributed by atoms with Crippen LogP contribution < -0.4 is 10.6 Å². The van der Waals surface area contributed by atoms with E-state index in [-0.39, 0.29) is 46.2 Å². The zero-order valence-corrected chi connectivity index (χ0v) is 22.7. The number of benzene rings is 2. The Morgan fingerprint density at radius 2 is 1.68 bits per heavy atom. The highest BCUT2D eigenvalue weighted by Gasteiger charge is 2.66. The molecule has 2 aromatic rings. The van der Waals surface area contributed by atoms with Crippen molar-refractivity contribution in [1.29, 1.82) is 0 Å². The highest BCUT2D eigenvalue weighted by molar-refractivity contribution is 8.02. The van der Waals surface area contributed by atoms with Crippen LogP contribution in [0.5, 0.6) is 0 Å². The first-order chi connectivity index (χ1) is 18.5. The number of esters is 1. The van der Waals surface area contributed by atoms with Gasteiger partial charge in [-0.2, -0.15) is 11.8 Å². The molecule has 0 spiro atoms. The molecule has 1 aliphatic carbocycles. The van der Waals surface area contributed by atoms with Crippen LogP contribution in [-0.2, 0) is 9.53 Å². The van der Waals surface area contributed by atoms with Gasteiger partial charge in [-0.15, -0.1) is 11.8 Å². The average molecular weight is 554 g/mol. The summed E-state index contributed by atoms with van der Waals surface area (Å²) < 4.78 is 4.83. The quantitative estimate of drug-likeness (QED) is 0.260. The Morgan fingerprint density at radius 3 is 2.32 bits per heavy atom. The van der Waals surface area contributed by atoms with Crippen LogP contribution in [0.25, 0.3) is 0 Å². The molecule has 2 aliphatic heterocycles. The maximum atomic E-state index is 13.5. The molecule has 0 radical (unpaired) electrons. The molecule has 3 fully saturated rings. The van der Waals surface area contributed by atoms with E-state index in [1.807, 2.05) is 36.4 Å². The van der Waals surface area contributed by atoms with E-state index in [2.05, 4.69) is 15.8 Å². The molecule has 6 atom stereocenters. The van der Waals surface area contributed by atoms with Gasteiger partial charge in [-0.3, -0.25) is 14.4 Å². The Labute approximate surface area is 230 Å². The number of carbonyl (C=O) groups excluding carboxylic acids is 3. The van der Waals surface area contributed by atoms with Gasteiger partial charge in [0.15, 0.2) is 0 Å². The SMILES string of the molecule is COC(=O)CCC[C@@H]1[C@H]2SC[C@H](NC(=O)c3ccccc3)[C@H]2[C@@]2(NC(=O)c3ccccc3)CS[C@H]1/C2=N/O. The van der Waals surface area contributed by atoms with Crippen LogP contribution in [0.4, 0.5) is 0 Å². The van der Waals surface area contributed by atoms with Crippen LogP contribution >= 0.6 is 23.5 Å². The van der Waals surface area contributed by atoms with E-state index >= 15 is 0 Å². The second-order valence-corrected chi connectivity index (χ2v) is 12.3. The van der Waals surface area contributed by atoms with E-state index in [0.717, 1.165) is 6.42 Å². The van der Waals surface area contributed by atoms with Gasteiger partial charge in [-0.1, -0.05) is 41.6 Å². The molecule has 2 amide bonds. The van der Waals surface area contributed by atoms with Crippen molar-refractivity contribution in [3.63, 3.8) is 0 Å². The molecule has 3 aliphatic rings. The summed E-state index contributed by atoms with van der Waals surface area (Å²) in [6.07, 6.45) is 1.73. The molecule has 3 N–H and O–H groups in total. The number of rotatable bonds is 8. The van der Waals surface area contributed by atoms with Crippen molar-refractivity contribution < 1.29 is 24.3 Å². The molecule has 2 heterocycles. The summed E-state index contributed by atoms with van der Waals surface area (Å²) >= 11 is 3.47. The fourth-order valence-electron chi connectivity index (χ4n) is 6.12. The van der Waals surface area contributed by atoms with E-state index in [0.29, 0.717) is 41.2 Å². The van der Waals surface area contributed by atoms with Crippen molar-refractivity contribution in [2.45, 2.75) is 41.3 Å². The number of methoxy groups -OCH3 is 1. The van der Waals surface area contributed by atoms with Gasteiger partial charge in [0.05, 0.1) is 23.6 Å². The number of nitrogens with zero attached hydrogens (tertiary/aromatic N) is 1. The van der Waals surface area contributed by atoms with E-state index in [1.54, 1.807) is 47.8 Å². The van der Waals surface area contributed by atoms with Crippen molar-refractivity contribution in [1.82, 2.24) is 10.6 Å². The molecule has 8 nitrogen and oxygen atoms in total. The zero-order chi connectivity index (χ0) is 26.7. The fraction of sp³-hybridized carbons (Fsp3) is 0.429. The Morgan fingerprint density at radius 1 is 1.03 bits per heavy atom. The predicted molar refractivity (Wildman–Crippen MR) is 149 cm³/mol. The molecule has 2 bridgehead atoms. The van der Waals surface area contributed by atoms with E-state index in [1.165, 1.54) is 7.11 Å². The topological polar surface area (TPSA) is 117 Å². The van der Waals surface area contributed by atoms with Gasteiger partial charge in [-0.05, 0) is 43.0 Å². The van der Waals surface area contributed by atoms with Gasteiger partial charge < -0.3 is 20.6 Å². The van der Waals surface area contributed by atoms with Crippen LogP contribution in [0, 0.1) is 11.8 Å². The Kier molecular flexibility index (Phi) is 7.99. The van der Waals surface area contributed by atoms with E-state index in [9.17, 15) is 19.6 Å². The Bertz CT molecular complexity index is 1210. The molecular formula is C28H31N3O5S2. The first-order valence-corrected chi connectivity index (χ1v) is 14.8. The number of ether oxygens (including phenoxy) is 1. The predicted octanol–water partition coefficient (Wildman–Crippen LogP) is 3.60. The molecule has 5 rings (SSSR count). The summed E-state index contributed by atoms with van der Waals surface area (Å²) in [5, 5.41) is 20.6. The van der Waals surface area contributed by atoms with Gasteiger partial charge in [0.1, 0.15) is 0 Å². The van der Waals surface area contributed by atoms with Crippen molar-refractivity contribution >= 4 is 47.0 Å². The zero-order valence-electron chi connectivity index (χ0n) is 21.0. The van der Waals surface area contributed by atoms with Crippen molar-refractivity contribution in [3.05, 3.63) is 71.8 Å². The normalized spacial score (nSPS) is 30.4. The fourth-order valence-corrected chi connectivity index (χ4v) is 9.94. The first kappa shape index (κ1) is 26.6. The second-order valence-electron chi connectivity index (χ2n) is 9.91. The lowest BCUT2D eigenvalue weighted by molar-refractivity contribution is -0.140. The summed E-state index contributed by atoms with van der Waals surface area (Å²) in [7, 11) is 1.39. The molecule has 10 heteroatoms. The molecule has 0 unspecified atom stereocenters. The monoisotopic (exact) mass is 553 g/mol. The number of thioether (sulfide) groups is 2. The first-order valence-electron chi connectivity index (χ1n) is 12.7. The number of nitrogens with one attached hydrogen (secondary N) is 2. The third-order valence-electron chi connectivity index (χ3n) is 7.83. The third-order valence-corrected chi connectivity index (χ3v) is 11.0. The number of oxime groups is 1. The van der Waals surface area contributed by atoms with Crippen LogP contribution in [0.2, 0.25) is 0 Å². The molecule has 2 saturated heterocycles. The average Bonchev–Trinajstić information content (AvgIpc) is 3.50. The van der Waals surface area contributed by atoms with Crippen molar-refractivity contribution in [3.8, 4) is 0 Å². The lowest BCUT2D eigenvalue weighted by Crippen LogP contribution is -2.69. The van der Waals surface area contributed by atoms with E-state index in [4.69, 9.17) is 4.74 Å². The Hall–Kier alpha value is -2.98. The van der Waals surface area contributed by atoms with Crippen LogP contribution in [0.3, 0.4) is 0 Å². The number of carbonyl (C=O) groups is 3. The number of fused-ring (bicyclic) bond motifs is 4. The van der Waals surface area contributed by atoms with Crippen molar-refractivity contribution in [2.75, 3.05) is 18.6 Å². The van der Waals surface area contributed by atoms with Gasteiger partial charge in [0, 0.05) is 46.3 Å². The number of hydrogen-bond donors (Lipinski definition) is 3.